The van der Waals surface area contributed by atoms with Crippen molar-refractivity contribution in [2.75, 3.05) is 13.4 Å². The van der Waals surface area contributed by atoms with Crippen LogP contribution in [0.1, 0.15) is 24.2 Å². The van der Waals surface area contributed by atoms with Gasteiger partial charge in [0.2, 0.25) is 0 Å². The van der Waals surface area contributed by atoms with Gasteiger partial charge >= 0.3 is 0 Å². The molecule has 0 N–H and O–H groups in total. The van der Waals surface area contributed by atoms with Crippen LogP contribution in [0.5, 0.6) is 5.75 Å². The maximum atomic E-state index is 11.8. The highest BCUT2D eigenvalue weighted by Crippen LogP contribution is 2.43. The van der Waals surface area contributed by atoms with Crippen molar-refractivity contribution in [1.82, 2.24) is 0 Å². The molecule has 6 heteroatoms. The lowest BCUT2D eigenvalue weighted by Crippen LogP contribution is -2.35. The Labute approximate surface area is 122 Å². The third-order valence-corrected chi connectivity index (χ3v) is 7.35. The molecule has 0 bridgehead atoms. The zero-order chi connectivity index (χ0) is 14.1. The number of halogens is 2. The van der Waals surface area contributed by atoms with Crippen molar-refractivity contribution >= 4 is 37.4 Å². The van der Waals surface area contributed by atoms with Gasteiger partial charge in [-0.15, -0.1) is 0 Å². The monoisotopic (exact) mass is 354 g/mol. The second-order valence-electron chi connectivity index (χ2n) is 4.62. The molecule has 0 saturated heterocycles. The SMILES string of the molecule is COc1ccc(Cl)cc1C(Br)C(C)(C)S(C)(=O)=O. The zero-order valence-electron chi connectivity index (χ0n) is 10.7. The van der Waals surface area contributed by atoms with Crippen molar-refractivity contribution < 1.29 is 13.2 Å². The van der Waals surface area contributed by atoms with E-state index in [1.807, 2.05) is 0 Å². The Morgan fingerprint density at radius 2 is 1.94 bits per heavy atom. The quantitative estimate of drug-likeness (QED) is 0.775. The molecule has 1 unspecified atom stereocenters. The molecule has 0 amide bonds. The van der Waals surface area contributed by atoms with Gasteiger partial charge in [0.05, 0.1) is 16.7 Å². The average Bonchev–Trinajstić information content (AvgIpc) is 2.26. The first kappa shape index (κ1) is 15.8. The third kappa shape index (κ3) is 3.00. The van der Waals surface area contributed by atoms with Gasteiger partial charge in [-0.25, -0.2) is 8.42 Å². The number of hydrogen-bond donors (Lipinski definition) is 0. The summed E-state index contributed by atoms with van der Waals surface area (Å²) in [5, 5.41) is 0.541. The van der Waals surface area contributed by atoms with Crippen molar-refractivity contribution in [1.29, 1.82) is 0 Å². The zero-order valence-corrected chi connectivity index (χ0v) is 13.9. The predicted molar refractivity (Wildman–Crippen MR) is 78.6 cm³/mol. The number of ether oxygens (including phenoxy) is 1. The predicted octanol–water partition coefficient (Wildman–Crippen LogP) is 3.61. The van der Waals surface area contributed by atoms with Crippen molar-refractivity contribution in [2.45, 2.75) is 23.4 Å². The minimum atomic E-state index is -3.23. The molecule has 0 radical (unpaired) electrons. The molecule has 0 aliphatic carbocycles. The first-order valence-corrected chi connectivity index (χ1v) is 8.47. The molecule has 0 aliphatic heterocycles. The lowest BCUT2D eigenvalue weighted by Gasteiger charge is -2.29. The lowest BCUT2D eigenvalue weighted by atomic mass is 10.0. The van der Waals surface area contributed by atoms with E-state index in [0.29, 0.717) is 10.8 Å². The minimum Gasteiger partial charge on any atom is -0.496 e. The van der Waals surface area contributed by atoms with Crippen molar-refractivity contribution in [3.05, 3.63) is 28.8 Å². The molecule has 1 rings (SSSR count). The molecule has 1 aromatic carbocycles. The van der Waals surface area contributed by atoms with Crippen LogP contribution in [0.4, 0.5) is 0 Å². The van der Waals surface area contributed by atoms with E-state index < -0.39 is 19.4 Å². The molecule has 0 aromatic heterocycles. The standard InChI is InChI=1S/C12H16BrClO3S/c1-12(2,18(4,15)16)11(13)9-7-8(14)5-6-10(9)17-3/h5-7,11H,1-4H3. The maximum Gasteiger partial charge on any atom is 0.154 e. The Morgan fingerprint density at radius 3 is 2.39 bits per heavy atom. The highest BCUT2D eigenvalue weighted by atomic mass is 79.9. The van der Waals surface area contributed by atoms with Crippen molar-refractivity contribution in [3.63, 3.8) is 0 Å². The second kappa shape index (κ2) is 5.39. The van der Waals surface area contributed by atoms with Gasteiger partial charge in [0, 0.05) is 16.8 Å². The molecule has 3 nitrogen and oxygen atoms in total. The van der Waals surface area contributed by atoms with Crippen LogP contribution in [0.3, 0.4) is 0 Å². The van der Waals surface area contributed by atoms with E-state index in [-0.39, 0.29) is 0 Å². The summed E-state index contributed by atoms with van der Waals surface area (Å²) in [6.45, 7) is 3.34. The van der Waals surface area contributed by atoms with Gasteiger partial charge in [-0.05, 0) is 32.0 Å². The molecule has 18 heavy (non-hydrogen) atoms. The van der Waals surface area contributed by atoms with Gasteiger partial charge in [-0.2, -0.15) is 0 Å². The topological polar surface area (TPSA) is 43.4 Å². The summed E-state index contributed by atoms with van der Waals surface area (Å²) < 4.78 is 28.0. The number of methoxy groups -OCH3 is 1. The van der Waals surface area contributed by atoms with E-state index in [9.17, 15) is 8.42 Å². The van der Waals surface area contributed by atoms with Crippen LogP contribution in [-0.2, 0) is 9.84 Å². The Bertz CT molecular complexity index is 540. The molecule has 0 spiro atoms. The number of benzene rings is 1. The maximum absolute atomic E-state index is 11.8. The fraction of sp³-hybridized carbons (Fsp3) is 0.500. The van der Waals surface area contributed by atoms with Gasteiger partial charge < -0.3 is 4.74 Å². The molecular weight excluding hydrogens is 340 g/mol. The summed E-state index contributed by atoms with van der Waals surface area (Å²) in [4.78, 5) is -0.409. The Kier molecular flexibility index (Phi) is 4.73. The van der Waals surface area contributed by atoms with Gasteiger partial charge in [-0.1, -0.05) is 27.5 Å². The summed E-state index contributed by atoms with van der Waals surface area (Å²) in [5.41, 5.74) is 0.723. The van der Waals surface area contributed by atoms with E-state index >= 15 is 0 Å². The normalized spacial score (nSPS) is 14.3. The van der Waals surface area contributed by atoms with E-state index in [1.165, 1.54) is 6.26 Å². The van der Waals surface area contributed by atoms with E-state index in [1.54, 1.807) is 39.2 Å². The fourth-order valence-corrected chi connectivity index (χ4v) is 3.53. The third-order valence-electron chi connectivity index (χ3n) is 3.03. The van der Waals surface area contributed by atoms with Gasteiger partial charge in [0.25, 0.3) is 0 Å². The van der Waals surface area contributed by atoms with Crippen LogP contribution in [0, 0.1) is 0 Å². The smallest absolute Gasteiger partial charge is 0.154 e. The largest absolute Gasteiger partial charge is 0.496 e. The molecular formula is C12H16BrClO3S. The van der Waals surface area contributed by atoms with E-state index in [0.717, 1.165) is 5.56 Å². The van der Waals surface area contributed by atoms with Crippen molar-refractivity contribution in [3.8, 4) is 5.75 Å². The summed E-state index contributed by atoms with van der Waals surface area (Å²) in [6, 6.07) is 5.15. The molecule has 0 saturated carbocycles. The molecule has 1 atom stereocenters. The molecule has 1 aromatic rings. The highest BCUT2D eigenvalue weighted by Gasteiger charge is 2.39. The van der Waals surface area contributed by atoms with Crippen LogP contribution in [-0.4, -0.2) is 26.5 Å². The fourth-order valence-electron chi connectivity index (χ4n) is 1.47. The first-order chi connectivity index (χ1) is 8.11. The number of sulfone groups is 1. The molecule has 0 fully saturated rings. The molecule has 0 aliphatic rings. The summed E-state index contributed by atoms with van der Waals surface area (Å²) in [6.07, 6.45) is 1.22. The molecule has 102 valence electrons. The summed E-state index contributed by atoms with van der Waals surface area (Å²) in [5.74, 6) is 0.609. The van der Waals surface area contributed by atoms with E-state index in [2.05, 4.69) is 15.9 Å². The van der Waals surface area contributed by atoms with Crippen LogP contribution in [0.15, 0.2) is 18.2 Å². The Morgan fingerprint density at radius 1 is 1.39 bits per heavy atom. The van der Waals surface area contributed by atoms with Crippen LogP contribution >= 0.6 is 27.5 Å². The Hall–Kier alpha value is -0.260. The lowest BCUT2D eigenvalue weighted by molar-refractivity contribution is 0.407. The van der Waals surface area contributed by atoms with Gasteiger partial charge in [0.1, 0.15) is 5.75 Å². The second-order valence-corrected chi connectivity index (χ2v) is 8.57. The minimum absolute atomic E-state index is 0.409. The van der Waals surface area contributed by atoms with Crippen LogP contribution < -0.4 is 4.74 Å². The summed E-state index contributed by atoms with van der Waals surface area (Å²) in [7, 11) is -1.69. The van der Waals surface area contributed by atoms with Gasteiger partial charge in [0.15, 0.2) is 9.84 Å². The average molecular weight is 356 g/mol. The molecule has 0 heterocycles. The Balaban J connectivity index is 3.35. The summed E-state index contributed by atoms with van der Waals surface area (Å²) >= 11 is 9.41. The van der Waals surface area contributed by atoms with Crippen LogP contribution in [0.25, 0.3) is 0 Å². The van der Waals surface area contributed by atoms with Crippen molar-refractivity contribution in [2.24, 2.45) is 0 Å². The highest BCUT2D eigenvalue weighted by molar-refractivity contribution is 9.09. The number of hydrogen-bond acceptors (Lipinski definition) is 3. The first-order valence-electron chi connectivity index (χ1n) is 5.28. The number of alkyl halides is 1. The number of rotatable bonds is 4. The van der Waals surface area contributed by atoms with E-state index in [4.69, 9.17) is 16.3 Å². The van der Waals surface area contributed by atoms with Crippen LogP contribution in [0.2, 0.25) is 5.02 Å². The van der Waals surface area contributed by atoms with Gasteiger partial charge in [-0.3, -0.25) is 0 Å².